The van der Waals surface area contributed by atoms with Gasteiger partial charge in [-0.15, -0.1) is 0 Å². The standard InChI is InChI=1S/C17H26O4/c1-2-3-4-5-6-7-8-9-14(17(20)21)15-12-13(18)10-11-16(15)19/h10-12,14,18-19H,2-9H2,1H3,(H,20,21). The second-order valence-corrected chi connectivity index (χ2v) is 5.54. The first-order valence-corrected chi connectivity index (χ1v) is 7.81. The summed E-state index contributed by atoms with van der Waals surface area (Å²) in [7, 11) is 0. The molecule has 4 heteroatoms. The van der Waals surface area contributed by atoms with E-state index >= 15 is 0 Å². The summed E-state index contributed by atoms with van der Waals surface area (Å²) in [6, 6.07) is 4.03. The van der Waals surface area contributed by atoms with E-state index in [9.17, 15) is 20.1 Å². The lowest BCUT2D eigenvalue weighted by molar-refractivity contribution is -0.139. The van der Waals surface area contributed by atoms with Gasteiger partial charge >= 0.3 is 5.97 Å². The highest BCUT2D eigenvalue weighted by atomic mass is 16.4. The van der Waals surface area contributed by atoms with Gasteiger partial charge in [0.15, 0.2) is 0 Å². The van der Waals surface area contributed by atoms with Gasteiger partial charge in [0.05, 0.1) is 5.92 Å². The summed E-state index contributed by atoms with van der Waals surface area (Å²) in [5.41, 5.74) is 0.300. The molecule has 0 aliphatic heterocycles. The molecule has 0 saturated carbocycles. The van der Waals surface area contributed by atoms with Crippen molar-refractivity contribution < 1.29 is 20.1 Å². The summed E-state index contributed by atoms with van der Waals surface area (Å²) in [5.74, 6) is -1.80. The normalized spacial score (nSPS) is 12.2. The van der Waals surface area contributed by atoms with Crippen molar-refractivity contribution in [2.75, 3.05) is 0 Å². The Labute approximate surface area is 126 Å². The number of carbonyl (C=O) groups is 1. The predicted molar refractivity (Wildman–Crippen MR) is 82.8 cm³/mol. The lowest BCUT2D eigenvalue weighted by atomic mass is 9.92. The number of phenolic OH excluding ortho intramolecular Hbond substituents is 2. The smallest absolute Gasteiger partial charge is 0.311 e. The highest BCUT2D eigenvalue weighted by Gasteiger charge is 2.22. The minimum atomic E-state index is -0.957. The van der Waals surface area contributed by atoms with Crippen LogP contribution in [0.5, 0.6) is 11.5 Å². The van der Waals surface area contributed by atoms with Crippen LogP contribution in [0.1, 0.15) is 69.8 Å². The zero-order chi connectivity index (χ0) is 15.7. The van der Waals surface area contributed by atoms with E-state index in [2.05, 4.69) is 6.92 Å². The Bertz CT molecular complexity index is 442. The number of aromatic hydroxyl groups is 2. The Morgan fingerprint density at radius 1 is 1.05 bits per heavy atom. The average molecular weight is 294 g/mol. The molecule has 0 heterocycles. The third kappa shape index (κ3) is 6.06. The molecule has 1 atom stereocenters. The van der Waals surface area contributed by atoms with Gasteiger partial charge in [-0.3, -0.25) is 4.79 Å². The molecule has 1 aromatic carbocycles. The molecule has 0 aromatic heterocycles. The number of phenols is 2. The van der Waals surface area contributed by atoms with Crippen molar-refractivity contribution in [3.8, 4) is 11.5 Å². The molecule has 0 spiro atoms. The van der Waals surface area contributed by atoms with E-state index < -0.39 is 11.9 Å². The minimum absolute atomic E-state index is 0.0198. The number of rotatable bonds is 10. The van der Waals surface area contributed by atoms with Gasteiger partial charge in [-0.05, 0) is 24.6 Å². The van der Waals surface area contributed by atoms with E-state index in [1.165, 1.54) is 43.9 Å². The minimum Gasteiger partial charge on any atom is -0.508 e. The van der Waals surface area contributed by atoms with Gasteiger partial charge in [-0.1, -0.05) is 51.9 Å². The average Bonchev–Trinajstić information content (AvgIpc) is 2.44. The zero-order valence-electron chi connectivity index (χ0n) is 12.7. The Balaban J connectivity index is 2.47. The summed E-state index contributed by atoms with van der Waals surface area (Å²) in [6.45, 7) is 2.18. The third-order valence-corrected chi connectivity index (χ3v) is 3.78. The molecule has 0 saturated heterocycles. The predicted octanol–water partition coefficient (Wildman–Crippen LogP) is 4.41. The molecular formula is C17H26O4. The van der Waals surface area contributed by atoms with E-state index in [4.69, 9.17) is 0 Å². The maximum Gasteiger partial charge on any atom is 0.311 e. The number of unbranched alkanes of at least 4 members (excludes halogenated alkanes) is 6. The molecule has 4 nitrogen and oxygen atoms in total. The maximum atomic E-state index is 11.4. The Morgan fingerprint density at radius 2 is 1.67 bits per heavy atom. The van der Waals surface area contributed by atoms with Crippen LogP contribution in [-0.2, 0) is 4.79 Å². The first-order chi connectivity index (χ1) is 10.1. The van der Waals surface area contributed by atoms with Crippen molar-refractivity contribution >= 4 is 5.97 Å². The van der Waals surface area contributed by atoms with Gasteiger partial charge in [0.25, 0.3) is 0 Å². The molecule has 0 bridgehead atoms. The molecule has 0 aliphatic rings. The lowest BCUT2D eigenvalue weighted by Crippen LogP contribution is -2.11. The fourth-order valence-corrected chi connectivity index (χ4v) is 2.54. The Morgan fingerprint density at radius 3 is 2.29 bits per heavy atom. The van der Waals surface area contributed by atoms with Crippen LogP contribution in [0.25, 0.3) is 0 Å². The molecule has 0 radical (unpaired) electrons. The van der Waals surface area contributed by atoms with E-state index in [1.807, 2.05) is 0 Å². The van der Waals surface area contributed by atoms with Crippen molar-refractivity contribution in [2.45, 2.75) is 64.2 Å². The SMILES string of the molecule is CCCCCCCCCC(C(=O)O)c1cc(O)ccc1O. The van der Waals surface area contributed by atoms with Crippen molar-refractivity contribution in [3.05, 3.63) is 23.8 Å². The first kappa shape index (κ1) is 17.3. The quantitative estimate of drug-likeness (QED) is 0.441. The van der Waals surface area contributed by atoms with Crippen LogP contribution < -0.4 is 0 Å². The summed E-state index contributed by atoms with van der Waals surface area (Å²) < 4.78 is 0. The fraction of sp³-hybridized carbons (Fsp3) is 0.588. The molecule has 1 rings (SSSR count). The van der Waals surface area contributed by atoms with Crippen LogP contribution in [0.2, 0.25) is 0 Å². The van der Waals surface area contributed by atoms with E-state index in [-0.39, 0.29) is 11.5 Å². The number of hydrogen-bond donors (Lipinski definition) is 3. The van der Waals surface area contributed by atoms with Gasteiger partial charge in [0.2, 0.25) is 0 Å². The topological polar surface area (TPSA) is 77.8 Å². The summed E-state index contributed by atoms with van der Waals surface area (Å²) in [4.78, 5) is 11.4. The van der Waals surface area contributed by atoms with Crippen molar-refractivity contribution in [1.29, 1.82) is 0 Å². The largest absolute Gasteiger partial charge is 0.508 e. The Kier molecular flexibility index (Phi) is 7.65. The third-order valence-electron chi connectivity index (χ3n) is 3.78. The molecule has 0 aliphatic carbocycles. The zero-order valence-corrected chi connectivity index (χ0v) is 12.7. The number of carboxylic acid groups (broad SMARTS) is 1. The molecule has 3 N–H and O–H groups in total. The first-order valence-electron chi connectivity index (χ1n) is 7.81. The molecule has 21 heavy (non-hydrogen) atoms. The van der Waals surface area contributed by atoms with Gasteiger partial charge < -0.3 is 15.3 Å². The molecule has 1 aromatic rings. The lowest BCUT2D eigenvalue weighted by Gasteiger charge is -2.14. The fourth-order valence-electron chi connectivity index (χ4n) is 2.54. The van der Waals surface area contributed by atoms with Crippen molar-refractivity contribution in [1.82, 2.24) is 0 Å². The van der Waals surface area contributed by atoms with Crippen LogP contribution in [0.4, 0.5) is 0 Å². The highest BCUT2D eigenvalue weighted by Crippen LogP contribution is 2.32. The van der Waals surface area contributed by atoms with E-state index in [0.29, 0.717) is 12.0 Å². The van der Waals surface area contributed by atoms with E-state index in [1.54, 1.807) is 0 Å². The van der Waals surface area contributed by atoms with Crippen LogP contribution in [0.3, 0.4) is 0 Å². The van der Waals surface area contributed by atoms with Crippen LogP contribution in [0.15, 0.2) is 18.2 Å². The van der Waals surface area contributed by atoms with Gasteiger partial charge in [0.1, 0.15) is 11.5 Å². The van der Waals surface area contributed by atoms with Gasteiger partial charge in [0, 0.05) is 5.56 Å². The van der Waals surface area contributed by atoms with Crippen molar-refractivity contribution in [3.63, 3.8) is 0 Å². The number of carboxylic acids is 1. The summed E-state index contributed by atoms with van der Waals surface area (Å²) >= 11 is 0. The molecule has 0 amide bonds. The summed E-state index contributed by atoms with van der Waals surface area (Å²) in [5, 5.41) is 28.6. The highest BCUT2D eigenvalue weighted by molar-refractivity contribution is 5.77. The molecule has 118 valence electrons. The second kappa shape index (κ2) is 9.27. The van der Waals surface area contributed by atoms with Crippen LogP contribution in [-0.4, -0.2) is 21.3 Å². The maximum absolute atomic E-state index is 11.4. The van der Waals surface area contributed by atoms with Crippen LogP contribution >= 0.6 is 0 Å². The number of benzene rings is 1. The Hall–Kier alpha value is -1.71. The van der Waals surface area contributed by atoms with Crippen molar-refractivity contribution in [2.24, 2.45) is 0 Å². The van der Waals surface area contributed by atoms with Crippen LogP contribution in [0, 0.1) is 0 Å². The van der Waals surface area contributed by atoms with E-state index in [0.717, 1.165) is 19.3 Å². The molecular weight excluding hydrogens is 268 g/mol. The van der Waals surface area contributed by atoms with Gasteiger partial charge in [-0.25, -0.2) is 0 Å². The summed E-state index contributed by atoms with van der Waals surface area (Å²) in [6.07, 6.45) is 8.35. The number of aliphatic carboxylic acids is 1. The second-order valence-electron chi connectivity index (χ2n) is 5.54. The monoisotopic (exact) mass is 294 g/mol. The molecule has 1 unspecified atom stereocenters. The number of hydrogen-bond acceptors (Lipinski definition) is 3. The van der Waals surface area contributed by atoms with Gasteiger partial charge in [-0.2, -0.15) is 0 Å². The molecule has 0 fully saturated rings.